The Morgan fingerprint density at radius 3 is 2.22 bits per heavy atom. The number of rotatable bonds is 8. The monoisotopic (exact) mass is 491 g/mol. The van der Waals surface area contributed by atoms with Crippen LogP contribution < -0.4 is 10.6 Å². The van der Waals surface area contributed by atoms with Crippen LogP contribution in [0.25, 0.3) is 12.2 Å². The molecule has 6 nitrogen and oxygen atoms in total. The standard InChI is InChI=1S/C30H22FN3O3/c31-26-11-5-4-8-22(26)14-17-28(35)23-12-15-25(16-13-23)33-30(37)27(19-21-7-6-18-32-20-21)34-29(36)24-9-2-1-3-10-24/h1-20H,(H,33,37)(H,34,36)/b17-14+,27-19-. The highest BCUT2D eigenvalue weighted by Crippen LogP contribution is 2.15. The second kappa shape index (κ2) is 12.0. The molecule has 0 aliphatic heterocycles. The molecule has 0 fully saturated rings. The normalized spacial score (nSPS) is 11.2. The number of ketones is 1. The molecule has 0 saturated carbocycles. The van der Waals surface area contributed by atoms with Crippen LogP contribution >= 0.6 is 0 Å². The van der Waals surface area contributed by atoms with Crippen molar-refractivity contribution >= 4 is 35.4 Å². The van der Waals surface area contributed by atoms with Gasteiger partial charge in [0.25, 0.3) is 11.8 Å². The zero-order valence-corrected chi connectivity index (χ0v) is 19.6. The van der Waals surface area contributed by atoms with E-state index in [2.05, 4.69) is 15.6 Å². The second-order valence-electron chi connectivity index (χ2n) is 7.92. The number of hydrogen-bond donors (Lipinski definition) is 2. The van der Waals surface area contributed by atoms with E-state index >= 15 is 0 Å². The van der Waals surface area contributed by atoms with Crippen molar-refractivity contribution < 1.29 is 18.8 Å². The molecule has 2 N–H and O–H groups in total. The van der Waals surface area contributed by atoms with Crippen molar-refractivity contribution in [3.05, 3.63) is 143 Å². The minimum absolute atomic E-state index is 0.0230. The van der Waals surface area contributed by atoms with Crippen LogP contribution in [0.1, 0.15) is 31.8 Å². The maximum atomic E-state index is 13.8. The van der Waals surface area contributed by atoms with Crippen molar-refractivity contribution in [3.8, 4) is 0 Å². The highest BCUT2D eigenvalue weighted by atomic mass is 19.1. The van der Waals surface area contributed by atoms with Gasteiger partial charge in [0.05, 0.1) is 0 Å². The molecule has 7 heteroatoms. The Balaban J connectivity index is 1.48. The van der Waals surface area contributed by atoms with E-state index in [1.165, 1.54) is 24.3 Å². The third-order valence-electron chi connectivity index (χ3n) is 5.27. The van der Waals surface area contributed by atoms with E-state index in [4.69, 9.17) is 0 Å². The number of pyridine rings is 1. The lowest BCUT2D eigenvalue weighted by molar-refractivity contribution is -0.113. The lowest BCUT2D eigenvalue weighted by Gasteiger charge is -2.11. The predicted octanol–water partition coefficient (Wildman–Crippen LogP) is 5.53. The van der Waals surface area contributed by atoms with Crippen LogP contribution in [0.3, 0.4) is 0 Å². The molecule has 1 heterocycles. The van der Waals surface area contributed by atoms with Crippen LogP contribution in [0.5, 0.6) is 0 Å². The van der Waals surface area contributed by atoms with Gasteiger partial charge < -0.3 is 10.6 Å². The molecule has 4 rings (SSSR count). The number of carbonyl (C=O) groups excluding carboxylic acids is 3. The molecule has 0 unspecified atom stereocenters. The number of nitrogens with one attached hydrogen (secondary N) is 2. The summed E-state index contributed by atoms with van der Waals surface area (Å²) in [5, 5.41) is 5.39. The first-order chi connectivity index (χ1) is 18.0. The number of aromatic nitrogens is 1. The highest BCUT2D eigenvalue weighted by molar-refractivity contribution is 6.11. The van der Waals surface area contributed by atoms with Crippen LogP contribution in [0.4, 0.5) is 10.1 Å². The fraction of sp³-hybridized carbons (Fsp3) is 0. The summed E-state index contributed by atoms with van der Waals surface area (Å²) in [5.74, 6) is -1.72. The molecule has 0 spiro atoms. The van der Waals surface area contributed by atoms with Gasteiger partial charge in [-0.2, -0.15) is 0 Å². The first-order valence-electron chi connectivity index (χ1n) is 11.4. The van der Waals surface area contributed by atoms with Gasteiger partial charge in [0.2, 0.25) is 0 Å². The number of halogens is 1. The molecule has 0 atom stereocenters. The Morgan fingerprint density at radius 1 is 0.784 bits per heavy atom. The summed E-state index contributed by atoms with van der Waals surface area (Å²) < 4.78 is 13.8. The van der Waals surface area contributed by atoms with E-state index in [0.717, 1.165) is 0 Å². The van der Waals surface area contributed by atoms with Crippen LogP contribution in [0.2, 0.25) is 0 Å². The largest absolute Gasteiger partial charge is 0.321 e. The lowest BCUT2D eigenvalue weighted by Crippen LogP contribution is -2.30. The first kappa shape index (κ1) is 24.9. The Bertz CT molecular complexity index is 1470. The lowest BCUT2D eigenvalue weighted by atomic mass is 10.1. The number of anilines is 1. The molecule has 0 bridgehead atoms. The van der Waals surface area contributed by atoms with Gasteiger partial charge in [0.15, 0.2) is 5.78 Å². The first-order valence-corrected chi connectivity index (χ1v) is 11.4. The smallest absolute Gasteiger partial charge is 0.272 e. The Hall–Kier alpha value is -5.17. The molecule has 0 aliphatic carbocycles. The third-order valence-corrected chi connectivity index (χ3v) is 5.27. The maximum absolute atomic E-state index is 13.8. The van der Waals surface area contributed by atoms with Gasteiger partial charge in [-0.3, -0.25) is 19.4 Å². The molecule has 0 radical (unpaired) electrons. The Kier molecular flexibility index (Phi) is 8.08. The van der Waals surface area contributed by atoms with Gasteiger partial charge in [-0.15, -0.1) is 0 Å². The molecular formula is C30H22FN3O3. The average Bonchev–Trinajstić information content (AvgIpc) is 2.93. The number of nitrogens with zero attached hydrogens (tertiary/aromatic N) is 1. The zero-order chi connectivity index (χ0) is 26.0. The van der Waals surface area contributed by atoms with E-state index in [1.807, 2.05) is 0 Å². The summed E-state index contributed by atoms with van der Waals surface area (Å²) in [7, 11) is 0. The molecule has 2 amide bonds. The number of amides is 2. The van der Waals surface area contributed by atoms with Gasteiger partial charge in [-0.25, -0.2) is 4.39 Å². The quantitative estimate of drug-likeness (QED) is 0.251. The van der Waals surface area contributed by atoms with Crippen molar-refractivity contribution in [2.24, 2.45) is 0 Å². The second-order valence-corrected chi connectivity index (χ2v) is 7.92. The molecule has 4 aromatic rings. The summed E-state index contributed by atoms with van der Waals surface area (Å²) in [6.07, 6.45) is 7.40. The molecule has 1 aromatic heterocycles. The van der Waals surface area contributed by atoms with Crippen molar-refractivity contribution in [1.82, 2.24) is 10.3 Å². The molecule has 0 saturated heterocycles. The molecule has 3 aromatic carbocycles. The van der Waals surface area contributed by atoms with Gasteiger partial charge in [-0.05, 0) is 72.3 Å². The number of carbonyl (C=O) groups is 3. The van der Waals surface area contributed by atoms with E-state index in [-0.39, 0.29) is 11.5 Å². The highest BCUT2D eigenvalue weighted by Gasteiger charge is 2.15. The molecule has 37 heavy (non-hydrogen) atoms. The van der Waals surface area contributed by atoms with E-state index in [1.54, 1.807) is 97.3 Å². The SMILES string of the molecule is O=C(Nc1ccc(C(=O)/C=C/c2ccccc2F)cc1)/C(=C/c1cccnc1)NC(=O)c1ccccc1. The van der Waals surface area contributed by atoms with Crippen molar-refractivity contribution in [2.45, 2.75) is 0 Å². The minimum Gasteiger partial charge on any atom is -0.321 e. The van der Waals surface area contributed by atoms with Gasteiger partial charge in [-0.1, -0.05) is 42.5 Å². The van der Waals surface area contributed by atoms with Crippen LogP contribution in [-0.2, 0) is 4.79 Å². The summed E-state index contributed by atoms with van der Waals surface area (Å²) in [5.41, 5.74) is 2.15. The van der Waals surface area contributed by atoms with Crippen molar-refractivity contribution in [1.29, 1.82) is 0 Å². The topological polar surface area (TPSA) is 88.2 Å². The summed E-state index contributed by atoms with van der Waals surface area (Å²) in [6.45, 7) is 0. The van der Waals surface area contributed by atoms with Gasteiger partial charge in [0.1, 0.15) is 11.5 Å². The molecule has 0 aliphatic rings. The Morgan fingerprint density at radius 2 is 1.51 bits per heavy atom. The maximum Gasteiger partial charge on any atom is 0.272 e. The van der Waals surface area contributed by atoms with Crippen molar-refractivity contribution in [2.75, 3.05) is 5.32 Å². The number of hydrogen-bond acceptors (Lipinski definition) is 4. The zero-order valence-electron chi connectivity index (χ0n) is 19.6. The number of allylic oxidation sites excluding steroid dienone is 1. The molecular weight excluding hydrogens is 469 g/mol. The average molecular weight is 492 g/mol. The summed E-state index contributed by atoms with van der Waals surface area (Å²) in [6, 6.07) is 24.4. The third kappa shape index (κ3) is 6.93. The van der Waals surface area contributed by atoms with E-state index in [0.29, 0.717) is 27.9 Å². The van der Waals surface area contributed by atoms with E-state index in [9.17, 15) is 18.8 Å². The van der Waals surface area contributed by atoms with E-state index < -0.39 is 17.6 Å². The van der Waals surface area contributed by atoms with Crippen LogP contribution in [-0.4, -0.2) is 22.6 Å². The van der Waals surface area contributed by atoms with Gasteiger partial charge in [0, 0.05) is 34.8 Å². The van der Waals surface area contributed by atoms with Crippen LogP contribution in [0.15, 0.2) is 115 Å². The van der Waals surface area contributed by atoms with Crippen molar-refractivity contribution in [3.63, 3.8) is 0 Å². The summed E-state index contributed by atoms with van der Waals surface area (Å²) >= 11 is 0. The number of benzene rings is 3. The molecule has 182 valence electrons. The Labute approximate surface area is 213 Å². The minimum atomic E-state index is -0.549. The summed E-state index contributed by atoms with van der Waals surface area (Å²) in [4.78, 5) is 42.3. The fourth-order valence-electron chi connectivity index (χ4n) is 3.36. The predicted molar refractivity (Wildman–Crippen MR) is 141 cm³/mol. The van der Waals surface area contributed by atoms with Gasteiger partial charge >= 0.3 is 0 Å². The van der Waals surface area contributed by atoms with Crippen LogP contribution in [0, 0.1) is 5.82 Å². The fourth-order valence-corrected chi connectivity index (χ4v) is 3.36.